The number of benzene rings is 1. The van der Waals surface area contributed by atoms with Crippen molar-refractivity contribution in [1.82, 2.24) is 0 Å². The van der Waals surface area contributed by atoms with Gasteiger partial charge in [-0.2, -0.15) is 0 Å². The minimum atomic E-state index is -3.76. The zero-order chi connectivity index (χ0) is 12.9. The minimum absolute atomic E-state index is 0.127. The summed E-state index contributed by atoms with van der Waals surface area (Å²) in [5.41, 5.74) is 0. The van der Waals surface area contributed by atoms with E-state index in [1.807, 2.05) is 0 Å². The predicted octanol–water partition coefficient (Wildman–Crippen LogP) is 2.66. The fraction of sp³-hybridized carbons (Fsp3) is 0.400. The Balaban J connectivity index is 2.93. The van der Waals surface area contributed by atoms with E-state index in [0.717, 1.165) is 6.07 Å². The van der Waals surface area contributed by atoms with Crippen LogP contribution < -0.4 is 4.52 Å². The molecule has 0 heterocycles. The van der Waals surface area contributed by atoms with Gasteiger partial charge in [-0.25, -0.2) is 4.57 Å². The fourth-order valence-electron chi connectivity index (χ4n) is 1.10. The third kappa shape index (κ3) is 3.93. The molecule has 0 aliphatic carbocycles. The van der Waals surface area contributed by atoms with E-state index in [9.17, 15) is 14.8 Å². The molecule has 0 aromatic heterocycles. The topological polar surface area (TPSA) is 85.2 Å². The van der Waals surface area contributed by atoms with Gasteiger partial charge in [-0.1, -0.05) is 0 Å². The van der Waals surface area contributed by atoms with Crippen LogP contribution in [0.4, 0.5) is 0 Å². The summed E-state index contributed by atoms with van der Waals surface area (Å²) >= 11 is 0. The van der Waals surface area contributed by atoms with Crippen molar-refractivity contribution in [2.75, 3.05) is 13.2 Å². The fourth-order valence-corrected chi connectivity index (χ4v) is 2.30. The Kier molecular flexibility index (Phi) is 4.81. The average Bonchev–Trinajstić information content (AvgIpc) is 2.24. The Morgan fingerprint density at radius 3 is 2.29 bits per heavy atom. The highest BCUT2D eigenvalue weighted by Crippen LogP contribution is 2.51. The average molecular weight is 262 g/mol. The molecule has 0 aliphatic heterocycles. The summed E-state index contributed by atoms with van der Waals surface area (Å²) in [6.07, 6.45) is 0. The molecule has 1 rings (SSSR count). The van der Waals surface area contributed by atoms with Crippen molar-refractivity contribution in [2.45, 2.75) is 13.8 Å². The molecule has 0 radical (unpaired) electrons. The van der Waals surface area contributed by atoms with Crippen molar-refractivity contribution in [3.63, 3.8) is 0 Å². The summed E-state index contributed by atoms with van der Waals surface area (Å²) in [7, 11) is -3.76. The quantitative estimate of drug-likeness (QED) is 0.605. The van der Waals surface area contributed by atoms with Crippen molar-refractivity contribution < 1.29 is 28.3 Å². The molecule has 1 aromatic carbocycles. The van der Waals surface area contributed by atoms with E-state index in [0.29, 0.717) is 0 Å². The van der Waals surface area contributed by atoms with Gasteiger partial charge in [0, 0.05) is 6.07 Å². The van der Waals surface area contributed by atoms with Crippen LogP contribution in [0.2, 0.25) is 0 Å². The molecule has 0 saturated heterocycles. The monoisotopic (exact) mass is 262 g/mol. The van der Waals surface area contributed by atoms with E-state index in [4.69, 9.17) is 13.6 Å². The molecule has 0 fully saturated rings. The molecule has 6 nitrogen and oxygen atoms in total. The number of hydrogen-bond acceptors (Lipinski definition) is 6. The highest BCUT2D eigenvalue weighted by atomic mass is 31.2. The van der Waals surface area contributed by atoms with Gasteiger partial charge in [0.05, 0.1) is 13.2 Å². The lowest BCUT2D eigenvalue weighted by molar-refractivity contribution is 0.166. The van der Waals surface area contributed by atoms with Gasteiger partial charge in [0.15, 0.2) is 11.5 Å². The van der Waals surface area contributed by atoms with E-state index in [1.54, 1.807) is 13.8 Å². The number of aromatic hydroxyl groups is 2. The van der Waals surface area contributed by atoms with Gasteiger partial charge < -0.3 is 14.7 Å². The molecule has 2 N–H and O–H groups in total. The SMILES string of the molecule is CCOP(=O)(OCC)Oc1cc(O)ccc1O. The molecule has 0 saturated carbocycles. The van der Waals surface area contributed by atoms with E-state index in [1.165, 1.54) is 12.1 Å². The summed E-state index contributed by atoms with van der Waals surface area (Å²) in [5.74, 6) is -0.546. The van der Waals surface area contributed by atoms with Gasteiger partial charge in [0.2, 0.25) is 0 Å². The van der Waals surface area contributed by atoms with E-state index in [-0.39, 0.29) is 30.5 Å². The number of hydrogen-bond donors (Lipinski definition) is 2. The Hall–Kier alpha value is -1.23. The summed E-state index contributed by atoms with van der Waals surface area (Å²) in [6, 6.07) is 3.61. The zero-order valence-corrected chi connectivity index (χ0v) is 10.5. The van der Waals surface area contributed by atoms with Crippen LogP contribution in [-0.2, 0) is 13.6 Å². The third-order valence-corrected chi connectivity index (χ3v) is 3.30. The van der Waals surface area contributed by atoms with Crippen LogP contribution in [0.15, 0.2) is 18.2 Å². The largest absolute Gasteiger partial charge is 0.530 e. The molecule has 96 valence electrons. The van der Waals surface area contributed by atoms with Gasteiger partial charge in [-0.05, 0) is 26.0 Å². The maximum atomic E-state index is 12.0. The van der Waals surface area contributed by atoms with Crippen molar-refractivity contribution in [3.8, 4) is 17.2 Å². The molecular formula is C10H15O6P. The number of phosphoric ester groups is 1. The predicted molar refractivity (Wildman–Crippen MR) is 61.3 cm³/mol. The highest BCUT2D eigenvalue weighted by molar-refractivity contribution is 7.48. The van der Waals surface area contributed by atoms with Crippen LogP contribution in [0.5, 0.6) is 17.2 Å². The van der Waals surface area contributed by atoms with E-state index >= 15 is 0 Å². The Morgan fingerprint density at radius 1 is 1.18 bits per heavy atom. The minimum Gasteiger partial charge on any atom is -0.508 e. The number of phenolic OH excluding ortho intramolecular Hbond substituents is 2. The number of phosphoric acid groups is 1. The Morgan fingerprint density at radius 2 is 1.76 bits per heavy atom. The molecule has 0 atom stereocenters. The third-order valence-electron chi connectivity index (χ3n) is 1.73. The summed E-state index contributed by atoms with van der Waals surface area (Å²) < 4.78 is 26.8. The second-order valence-electron chi connectivity index (χ2n) is 3.03. The lowest BCUT2D eigenvalue weighted by Gasteiger charge is -2.17. The number of rotatable bonds is 6. The Labute approximate surface area is 99.4 Å². The van der Waals surface area contributed by atoms with Crippen molar-refractivity contribution in [1.29, 1.82) is 0 Å². The molecule has 7 heteroatoms. The molecule has 0 bridgehead atoms. The molecule has 0 spiro atoms. The maximum Gasteiger partial charge on any atom is 0.530 e. The van der Waals surface area contributed by atoms with Crippen LogP contribution in [0.25, 0.3) is 0 Å². The lowest BCUT2D eigenvalue weighted by atomic mass is 10.3. The summed E-state index contributed by atoms with van der Waals surface area (Å²) in [5, 5.41) is 18.7. The normalized spacial score (nSPS) is 11.4. The van der Waals surface area contributed by atoms with Crippen LogP contribution in [-0.4, -0.2) is 23.4 Å². The summed E-state index contributed by atoms with van der Waals surface area (Å²) in [6.45, 7) is 3.54. The molecular weight excluding hydrogens is 247 g/mol. The first-order chi connectivity index (χ1) is 8.00. The van der Waals surface area contributed by atoms with E-state index in [2.05, 4.69) is 0 Å². The zero-order valence-electron chi connectivity index (χ0n) is 9.62. The van der Waals surface area contributed by atoms with Crippen molar-refractivity contribution >= 4 is 7.82 Å². The Bertz CT molecular complexity index is 409. The van der Waals surface area contributed by atoms with Gasteiger partial charge in [0.1, 0.15) is 5.75 Å². The smallest absolute Gasteiger partial charge is 0.508 e. The molecule has 0 aliphatic rings. The molecule has 17 heavy (non-hydrogen) atoms. The number of phenols is 2. The molecule has 1 aromatic rings. The molecule has 0 amide bonds. The van der Waals surface area contributed by atoms with Crippen molar-refractivity contribution in [2.24, 2.45) is 0 Å². The second-order valence-corrected chi connectivity index (χ2v) is 4.62. The van der Waals surface area contributed by atoms with Gasteiger partial charge in [-0.3, -0.25) is 9.05 Å². The van der Waals surface area contributed by atoms with Gasteiger partial charge in [0.25, 0.3) is 0 Å². The van der Waals surface area contributed by atoms with Gasteiger partial charge >= 0.3 is 7.82 Å². The molecule has 0 unspecified atom stereocenters. The van der Waals surface area contributed by atoms with E-state index < -0.39 is 7.82 Å². The van der Waals surface area contributed by atoms with Crippen LogP contribution in [0.3, 0.4) is 0 Å². The highest BCUT2D eigenvalue weighted by Gasteiger charge is 2.28. The first kappa shape index (κ1) is 13.8. The summed E-state index contributed by atoms with van der Waals surface area (Å²) in [4.78, 5) is 0. The lowest BCUT2D eigenvalue weighted by Crippen LogP contribution is -2.02. The van der Waals surface area contributed by atoms with Gasteiger partial charge in [-0.15, -0.1) is 0 Å². The van der Waals surface area contributed by atoms with Crippen LogP contribution >= 0.6 is 7.82 Å². The first-order valence-electron chi connectivity index (χ1n) is 5.11. The second kappa shape index (κ2) is 5.91. The maximum absolute atomic E-state index is 12.0. The van der Waals surface area contributed by atoms with Crippen molar-refractivity contribution in [3.05, 3.63) is 18.2 Å². The first-order valence-corrected chi connectivity index (χ1v) is 6.57. The van der Waals surface area contributed by atoms with Crippen LogP contribution in [0, 0.1) is 0 Å². The standard InChI is InChI=1S/C10H15O6P/c1-3-14-17(13,15-4-2)16-10-7-8(11)5-6-9(10)12/h5-7,11-12H,3-4H2,1-2H3. The van der Waals surface area contributed by atoms with Crippen LogP contribution in [0.1, 0.15) is 13.8 Å².